The summed E-state index contributed by atoms with van der Waals surface area (Å²) in [6.45, 7) is 7.37. The van der Waals surface area contributed by atoms with E-state index in [9.17, 15) is 0 Å². The van der Waals surface area contributed by atoms with E-state index in [0.717, 1.165) is 34.7 Å². The summed E-state index contributed by atoms with van der Waals surface area (Å²) in [5, 5.41) is 5.30. The van der Waals surface area contributed by atoms with Crippen molar-refractivity contribution in [1.82, 2.24) is 5.32 Å². The molecule has 0 saturated heterocycles. The zero-order valence-electron chi connectivity index (χ0n) is 10.5. The van der Waals surface area contributed by atoms with Gasteiger partial charge in [-0.25, -0.2) is 0 Å². The van der Waals surface area contributed by atoms with Gasteiger partial charge in [-0.15, -0.1) is 0 Å². The molecule has 0 spiro atoms. The Morgan fingerprint density at radius 1 is 1.41 bits per heavy atom. The van der Waals surface area contributed by atoms with Crippen LogP contribution in [0.25, 0.3) is 11.0 Å². The second-order valence-corrected chi connectivity index (χ2v) is 4.84. The molecule has 1 heterocycles. The summed E-state index contributed by atoms with van der Waals surface area (Å²) in [5.74, 6) is 1.01. The van der Waals surface area contributed by atoms with Crippen molar-refractivity contribution in [2.45, 2.75) is 33.2 Å². The molecule has 2 nitrogen and oxygen atoms in total. The quantitative estimate of drug-likeness (QED) is 0.868. The number of hydrogen-bond donors (Lipinski definition) is 1. The predicted octanol–water partition coefficient (Wildman–Crippen LogP) is 4.46. The zero-order chi connectivity index (χ0) is 12.4. The molecule has 0 aliphatic carbocycles. The van der Waals surface area contributed by atoms with E-state index in [-0.39, 0.29) is 6.04 Å². The SMILES string of the molecule is CCCNC(C)c1oc2ccc(Cl)cc2c1C. The first-order chi connectivity index (χ1) is 8.13. The third-order valence-corrected chi connectivity index (χ3v) is 3.26. The van der Waals surface area contributed by atoms with Crippen LogP contribution in [0.4, 0.5) is 0 Å². The van der Waals surface area contributed by atoms with Gasteiger partial charge in [0.25, 0.3) is 0 Å². The van der Waals surface area contributed by atoms with Crippen LogP contribution in [0, 0.1) is 6.92 Å². The van der Waals surface area contributed by atoms with Gasteiger partial charge < -0.3 is 9.73 Å². The number of rotatable bonds is 4. The van der Waals surface area contributed by atoms with Crippen LogP contribution >= 0.6 is 11.6 Å². The molecular weight excluding hydrogens is 234 g/mol. The standard InChI is InChI=1S/C14H18ClNO/c1-4-7-16-10(3)14-9(2)12-8-11(15)5-6-13(12)17-14/h5-6,8,10,16H,4,7H2,1-3H3. The fourth-order valence-electron chi connectivity index (χ4n) is 2.08. The van der Waals surface area contributed by atoms with Crippen molar-refractivity contribution in [1.29, 1.82) is 0 Å². The molecule has 17 heavy (non-hydrogen) atoms. The van der Waals surface area contributed by atoms with Crippen LogP contribution in [0.2, 0.25) is 5.02 Å². The Balaban J connectivity index is 2.38. The molecule has 0 saturated carbocycles. The molecule has 2 aromatic rings. The van der Waals surface area contributed by atoms with E-state index in [4.69, 9.17) is 16.0 Å². The van der Waals surface area contributed by atoms with Gasteiger partial charge in [0.2, 0.25) is 0 Å². The van der Waals surface area contributed by atoms with E-state index in [1.165, 1.54) is 5.56 Å². The smallest absolute Gasteiger partial charge is 0.134 e. The minimum atomic E-state index is 0.237. The van der Waals surface area contributed by atoms with Crippen LogP contribution in [0.5, 0.6) is 0 Å². The van der Waals surface area contributed by atoms with E-state index in [1.807, 2.05) is 18.2 Å². The monoisotopic (exact) mass is 251 g/mol. The molecule has 1 unspecified atom stereocenters. The molecule has 3 heteroatoms. The van der Waals surface area contributed by atoms with Gasteiger partial charge in [-0.05, 0) is 45.0 Å². The number of halogens is 1. The van der Waals surface area contributed by atoms with Crippen LogP contribution in [0.3, 0.4) is 0 Å². The van der Waals surface area contributed by atoms with Crippen molar-refractivity contribution in [2.24, 2.45) is 0 Å². The molecule has 1 atom stereocenters. The molecule has 0 fully saturated rings. The summed E-state index contributed by atoms with van der Waals surface area (Å²) in [6.07, 6.45) is 1.12. The average molecular weight is 252 g/mol. The van der Waals surface area contributed by atoms with Gasteiger partial charge in [0.1, 0.15) is 11.3 Å². The first-order valence-corrected chi connectivity index (χ1v) is 6.43. The lowest BCUT2D eigenvalue weighted by Gasteiger charge is -2.11. The topological polar surface area (TPSA) is 25.2 Å². The lowest BCUT2D eigenvalue weighted by molar-refractivity contribution is 0.449. The molecule has 1 aromatic heterocycles. The highest BCUT2D eigenvalue weighted by molar-refractivity contribution is 6.31. The van der Waals surface area contributed by atoms with E-state index in [1.54, 1.807) is 0 Å². The molecule has 92 valence electrons. The minimum Gasteiger partial charge on any atom is -0.459 e. The number of furan rings is 1. The lowest BCUT2D eigenvalue weighted by Crippen LogP contribution is -2.19. The number of aryl methyl sites for hydroxylation is 1. The lowest BCUT2D eigenvalue weighted by atomic mass is 10.1. The molecule has 0 amide bonds. The second-order valence-electron chi connectivity index (χ2n) is 4.41. The Hall–Kier alpha value is -0.990. The Morgan fingerprint density at radius 2 is 2.18 bits per heavy atom. The third-order valence-electron chi connectivity index (χ3n) is 3.03. The van der Waals surface area contributed by atoms with Crippen molar-refractivity contribution in [3.63, 3.8) is 0 Å². The number of nitrogens with one attached hydrogen (secondary N) is 1. The highest BCUT2D eigenvalue weighted by atomic mass is 35.5. The Bertz CT molecular complexity index is 518. The Labute approximate surface area is 107 Å². The molecule has 1 aromatic carbocycles. The predicted molar refractivity (Wildman–Crippen MR) is 72.7 cm³/mol. The zero-order valence-corrected chi connectivity index (χ0v) is 11.3. The van der Waals surface area contributed by atoms with Crippen molar-refractivity contribution in [3.8, 4) is 0 Å². The van der Waals surface area contributed by atoms with E-state index < -0.39 is 0 Å². The highest BCUT2D eigenvalue weighted by Crippen LogP contribution is 2.31. The van der Waals surface area contributed by atoms with Crippen LogP contribution in [-0.4, -0.2) is 6.54 Å². The van der Waals surface area contributed by atoms with E-state index >= 15 is 0 Å². The van der Waals surface area contributed by atoms with Gasteiger partial charge in [-0.3, -0.25) is 0 Å². The summed E-state index contributed by atoms with van der Waals surface area (Å²) in [6, 6.07) is 5.99. The highest BCUT2D eigenvalue weighted by Gasteiger charge is 2.15. The Kier molecular flexibility index (Phi) is 3.75. The van der Waals surface area contributed by atoms with Gasteiger partial charge in [0.15, 0.2) is 0 Å². The van der Waals surface area contributed by atoms with Crippen molar-refractivity contribution >= 4 is 22.6 Å². The van der Waals surface area contributed by atoms with Crippen molar-refractivity contribution in [3.05, 3.63) is 34.5 Å². The summed E-state index contributed by atoms with van der Waals surface area (Å²) in [5.41, 5.74) is 2.09. The van der Waals surface area contributed by atoms with E-state index in [0.29, 0.717) is 0 Å². The number of hydrogen-bond acceptors (Lipinski definition) is 2. The average Bonchev–Trinajstić information content (AvgIpc) is 2.64. The van der Waals surface area contributed by atoms with E-state index in [2.05, 4.69) is 26.1 Å². The second kappa shape index (κ2) is 5.11. The first-order valence-electron chi connectivity index (χ1n) is 6.05. The maximum atomic E-state index is 6.01. The van der Waals surface area contributed by atoms with Gasteiger partial charge in [0.05, 0.1) is 6.04 Å². The summed E-state index contributed by atoms with van der Waals surface area (Å²) < 4.78 is 5.89. The fourth-order valence-corrected chi connectivity index (χ4v) is 2.25. The summed E-state index contributed by atoms with van der Waals surface area (Å²) in [7, 11) is 0. The van der Waals surface area contributed by atoms with Crippen LogP contribution in [0.15, 0.2) is 22.6 Å². The van der Waals surface area contributed by atoms with Crippen LogP contribution < -0.4 is 5.32 Å². The number of benzene rings is 1. The largest absolute Gasteiger partial charge is 0.459 e. The summed E-state index contributed by atoms with van der Waals surface area (Å²) in [4.78, 5) is 0. The minimum absolute atomic E-state index is 0.237. The van der Waals surface area contributed by atoms with Crippen LogP contribution in [-0.2, 0) is 0 Å². The normalized spacial score (nSPS) is 13.2. The van der Waals surface area contributed by atoms with Gasteiger partial charge in [-0.2, -0.15) is 0 Å². The summed E-state index contributed by atoms with van der Waals surface area (Å²) >= 11 is 6.01. The maximum Gasteiger partial charge on any atom is 0.134 e. The van der Waals surface area contributed by atoms with Gasteiger partial charge in [-0.1, -0.05) is 18.5 Å². The molecular formula is C14H18ClNO. The molecule has 0 aliphatic heterocycles. The van der Waals surface area contributed by atoms with Gasteiger partial charge in [0, 0.05) is 16.0 Å². The molecule has 0 aliphatic rings. The van der Waals surface area contributed by atoms with Crippen LogP contribution in [0.1, 0.15) is 37.6 Å². The number of fused-ring (bicyclic) bond motifs is 1. The first kappa shape index (κ1) is 12.5. The van der Waals surface area contributed by atoms with Crippen molar-refractivity contribution < 1.29 is 4.42 Å². The maximum absolute atomic E-state index is 6.01. The van der Waals surface area contributed by atoms with Gasteiger partial charge >= 0.3 is 0 Å². The fraction of sp³-hybridized carbons (Fsp3) is 0.429. The Morgan fingerprint density at radius 3 is 2.88 bits per heavy atom. The third kappa shape index (κ3) is 2.48. The van der Waals surface area contributed by atoms with Crippen molar-refractivity contribution in [2.75, 3.05) is 6.54 Å². The molecule has 0 radical (unpaired) electrons. The molecule has 2 rings (SSSR count). The molecule has 0 bridgehead atoms. The molecule has 1 N–H and O–H groups in total.